The van der Waals surface area contributed by atoms with E-state index in [2.05, 4.69) is 0 Å². The van der Waals surface area contributed by atoms with E-state index in [1.807, 2.05) is 31.2 Å². The summed E-state index contributed by atoms with van der Waals surface area (Å²) in [5.41, 5.74) is 1.99. The number of halogens is 2. The van der Waals surface area contributed by atoms with Gasteiger partial charge in [-0.05, 0) is 75.9 Å². The quantitative estimate of drug-likeness (QED) is 0.197. The van der Waals surface area contributed by atoms with Gasteiger partial charge < -0.3 is 4.74 Å². The number of carbonyl (C=O) groups excluding carboxylic acids is 1. The number of aryl methyl sites for hydroxylation is 1. The summed E-state index contributed by atoms with van der Waals surface area (Å²) in [6, 6.07) is 10.4. The number of carbonyl (C=O) groups is 1. The third kappa shape index (κ3) is 5.26. The number of benzene rings is 2. The Kier molecular flexibility index (Phi) is 6.39. The van der Waals surface area contributed by atoms with E-state index in [0.717, 1.165) is 11.1 Å². The molecule has 0 aliphatic heterocycles. The average molecular weight is 570 g/mol. The van der Waals surface area contributed by atoms with Crippen molar-refractivity contribution in [2.75, 3.05) is 0 Å². The number of hydrogen-bond donors (Lipinski definition) is 1. The fourth-order valence-electron chi connectivity index (χ4n) is 1.83. The molecule has 2 aromatic rings. The molecule has 0 unspecified atom stereocenters. The highest BCUT2D eigenvalue weighted by atomic mass is 127. The lowest BCUT2D eigenvalue weighted by molar-refractivity contribution is -0.128. The van der Waals surface area contributed by atoms with Crippen LogP contribution in [0.2, 0.25) is 0 Å². The SMILES string of the molecule is Cc1ccc(/C=C/C(=O)Oc2cc(I)c(S(=O)(=O)O)c(I)c2)cc1. The molecule has 0 atom stereocenters. The lowest BCUT2D eigenvalue weighted by Gasteiger charge is -2.08. The Morgan fingerprint density at radius 2 is 1.67 bits per heavy atom. The second kappa shape index (κ2) is 7.93. The van der Waals surface area contributed by atoms with Crippen LogP contribution in [0.5, 0.6) is 5.75 Å². The molecule has 0 aliphatic rings. The van der Waals surface area contributed by atoms with Crippen molar-refractivity contribution in [3.63, 3.8) is 0 Å². The molecule has 2 aromatic carbocycles. The summed E-state index contributed by atoms with van der Waals surface area (Å²) in [5.74, 6) is -0.378. The maximum absolute atomic E-state index is 11.9. The maximum Gasteiger partial charge on any atom is 0.336 e. The standard InChI is InChI=1S/C16H12I2O5S/c1-10-2-4-11(5-3-10)6-7-15(19)23-12-8-13(17)16(14(18)9-12)24(20,21)22/h2-9H,1H3,(H,20,21,22)/b7-6+. The Hall–Kier alpha value is -0.980. The van der Waals surface area contributed by atoms with E-state index in [1.54, 1.807) is 51.3 Å². The Balaban J connectivity index is 2.16. The van der Waals surface area contributed by atoms with Crippen LogP contribution in [0.15, 0.2) is 47.4 Å². The molecule has 0 radical (unpaired) electrons. The molecule has 2 rings (SSSR count). The van der Waals surface area contributed by atoms with Gasteiger partial charge in [-0.1, -0.05) is 29.8 Å². The van der Waals surface area contributed by atoms with E-state index in [-0.39, 0.29) is 17.8 Å². The van der Waals surface area contributed by atoms with Gasteiger partial charge in [-0.15, -0.1) is 0 Å². The highest BCUT2D eigenvalue weighted by Gasteiger charge is 2.20. The minimum atomic E-state index is -4.33. The lowest BCUT2D eigenvalue weighted by Crippen LogP contribution is -2.07. The first kappa shape index (κ1) is 19.3. The minimum Gasteiger partial charge on any atom is -0.423 e. The van der Waals surface area contributed by atoms with Gasteiger partial charge in [-0.3, -0.25) is 4.55 Å². The summed E-state index contributed by atoms with van der Waals surface area (Å²) >= 11 is 3.53. The molecular weight excluding hydrogens is 558 g/mol. The van der Waals surface area contributed by atoms with Gasteiger partial charge in [0.25, 0.3) is 10.1 Å². The van der Waals surface area contributed by atoms with Gasteiger partial charge >= 0.3 is 5.97 Å². The van der Waals surface area contributed by atoms with Crippen molar-refractivity contribution in [3.05, 3.63) is 60.7 Å². The molecule has 0 spiro atoms. The summed E-state index contributed by atoms with van der Waals surface area (Å²) in [6.45, 7) is 1.97. The van der Waals surface area contributed by atoms with Gasteiger partial charge in [0.15, 0.2) is 0 Å². The van der Waals surface area contributed by atoms with Crippen LogP contribution in [0.3, 0.4) is 0 Å². The van der Waals surface area contributed by atoms with E-state index < -0.39 is 16.1 Å². The first-order valence-corrected chi connectivity index (χ1v) is 10.2. The summed E-state index contributed by atoms with van der Waals surface area (Å²) < 4.78 is 37.6. The van der Waals surface area contributed by atoms with E-state index >= 15 is 0 Å². The zero-order valence-corrected chi connectivity index (χ0v) is 17.5. The second-order valence-electron chi connectivity index (χ2n) is 4.86. The molecule has 0 heterocycles. The highest BCUT2D eigenvalue weighted by Crippen LogP contribution is 2.29. The van der Waals surface area contributed by atoms with Gasteiger partial charge in [0.2, 0.25) is 0 Å². The molecular formula is C16H12I2O5S. The van der Waals surface area contributed by atoms with Crippen LogP contribution >= 0.6 is 45.2 Å². The molecule has 0 aliphatic carbocycles. The van der Waals surface area contributed by atoms with E-state index in [1.165, 1.54) is 18.2 Å². The topological polar surface area (TPSA) is 80.7 Å². The molecule has 0 fully saturated rings. The highest BCUT2D eigenvalue weighted by molar-refractivity contribution is 14.1. The molecule has 8 heteroatoms. The Labute approximate surface area is 167 Å². The predicted octanol–water partition coefficient (Wildman–Crippen LogP) is 4.07. The molecule has 126 valence electrons. The van der Waals surface area contributed by atoms with Crippen LogP contribution in [0.25, 0.3) is 6.08 Å². The van der Waals surface area contributed by atoms with Gasteiger partial charge in [-0.25, -0.2) is 4.79 Å². The first-order valence-electron chi connectivity index (χ1n) is 6.60. The zero-order chi connectivity index (χ0) is 17.9. The Morgan fingerprint density at radius 3 is 2.17 bits per heavy atom. The third-order valence-electron chi connectivity index (χ3n) is 2.94. The van der Waals surface area contributed by atoms with Crippen LogP contribution in [-0.4, -0.2) is 18.9 Å². The Morgan fingerprint density at radius 1 is 1.12 bits per heavy atom. The maximum atomic E-state index is 11.9. The molecule has 0 bridgehead atoms. The Bertz CT molecular complexity index is 880. The monoisotopic (exact) mass is 570 g/mol. The molecule has 0 aromatic heterocycles. The third-order valence-corrected chi connectivity index (χ3v) is 6.33. The van der Waals surface area contributed by atoms with Crippen molar-refractivity contribution in [1.82, 2.24) is 0 Å². The summed E-state index contributed by atoms with van der Waals surface area (Å²) in [6.07, 6.45) is 2.92. The molecule has 24 heavy (non-hydrogen) atoms. The van der Waals surface area contributed by atoms with Gasteiger partial charge in [-0.2, -0.15) is 8.42 Å². The van der Waals surface area contributed by atoms with Gasteiger partial charge in [0.1, 0.15) is 10.6 Å². The normalized spacial score (nSPS) is 11.7. The van der Waals surface area contributed by atoms with E-state index in [4.69, 9.17) is 4.74 Å². The fourth-order valence-corrected chi connectivity index (χ4v) is 5.83. The van der Waals surface area contributed by atoms with Gasteiger partial charge in [0.05, 0.1) is 0 Å². The summed E-state index contributed by atoms with van der Waals surface area (Å²) in [4.78, 5) is 11.7. The van der Waals surface area contributed by atoms with Crippen LogP contribution in [-0.2, 0) is 14.9 Å². The number of hydrogen-bond acceptors (Lipinski definition) is 4. The van der Waals surface area contributed by atoms with Crippen molar-refractivity contribution in [3.8, 4) is 5.75 Å². The predicted molar refractivity (Wildman–Crippen MR) is 108 cm³/mol. The molecule has 0 saturated heterocycles. The molecule has 5 nitrogen and oxygen atoms in total. The molecule has 0 saturated carbocycles. The van der Waals surface area contributed by atoms with Crippen molar-refractivity contribution >= 4 is 67.3 Å². The van der Waals surface area contributed by atoms with Crippen LogP contribution < -0.4 is 4.74 Å². The minimum absolute atomic E-state index is 0.196. The number of esters is 1. The fraction of sp³-hybridized carbons (Fsp3) is 0.0625. The first-order chi connectivity index (χ1) is 11.2. The summed E-state index contributed by atoms with van der Waals surface area (Å²) in [7, 11) is -4.33. The molecule has 0 amide bonds. The zero-order valence-electron chi connectivity index (χ0n) is 12.4. The average Bonchev–Trinajstić information content (AvgIpc) is 2.44. The van der Waals surface area contributed by atoms with Crippen molar-refractivity contribution in [2.45, 2.75) is 11.8 Å². The summed E-state index contributed by atoms with van der Waals surface area (Å²) in [5, 5.41) is 0. The second-order valence-corrected chi connectivity index (χ2v) is 8.54. The van der Waals surface area contributed by atoms with Crippen molar-refractivity contribution < 1.29 is 22.5 Å². The van der Waals surface area contributed by atoms with Crippen LogP contribution in [0.1, 0.15) is 11.1 Å². The lowest BCUT2D eigenvalue weighted by atomic mass is 10.1. The van der Waals surface area contributed by atoms with Crippen molar-refractivity contribution in [2.24, 2.45) is 0 Å². The van der Waals surface area contributed by atoms with Crippen LogP contribution in [0.4, 0.5) is 0 Å². The van der Waals surface area contributed by atoms with Gasteiger partial charge in [0, 0.05) is 13.2 Å². The van der Waals surface area contributed by atoms with E-state index in [0.29, 0.717) is 0 Å². The van der Waals surface area contributed by atoms with E-state index in [9.17, 15) is 17.8 Å². The smallest absolute Gasteiger partial charge is 0.336 e. The van der Waals surface area contributed by atoms with Crippen molar-refractivity contribution in [1.29, 1.82) is 0 Å². The largest absolute Gasteiger partial charge is 0.423 e. The number of ether oxygens (including phenoxy) is 1. The van der Waals surface area contributed by atoms with Crippen LogP contribution in [0, 0.1) is 14.1 Å². The number of rotatable bonds is 4. The molecule has 1 N–H and O–H groups in total.